The monoisotopic (exact) mass is 427 g/mol. The van der Waals surface area contributed by atoms with Gasteiger partial charge in [-0.3, -0.25) is 4.72 Å². The highest BCUT2D eigenvalue weighted by Crippen LogP contribution is 2.33. The molecule has 0 fully saturated rings. The smallest absolute Gasteiger partial charge is 0.232 e. The molecule has 0 radical (unpaired) electrons. The molecule has 1 aromatic heterocycles. The van der Waals surface area contributed by atoms with E-state index < -0.39 is 10.0 Å². The Morgan fingerprint density at radius 2 is 1.31 bits per heavy atom. The van der Waals surface area contributed by atoms with E-state index in [1.165, 1.54) is 0 Å². The zero-order valence-corrected chi connectivity index (χ0v) is 17.6. The number of hydrogen-bond acceptors (Lipinski definition) is 4. The second kappa shape index (κ2) is 8.68. The lowest BCUT2D eigenvalue weighted by molar-refractivity contribution is 0.600. The number of fused-ring (bicyclic) bond motifs is 2. The number of para-hydroxylation sites is 2. The number of benzene rings is 3. The Hall–Kier alpha value is -2.83. The molecule has 0 unspecified atom stereocenters. The van der Waals surface area contributed by atoms with E-state index in [2.05, 4.69) is 10.0 Å². The zero-order valence-electron chi connectivity index (χ0n) is 15.9. The van der Waals surface area contributed by atoms with E-state index in [9.17, 15) is 8.42 Å². The molecule has 1 heterocycles. The van der Waals surface area contributed by atoms with Crippen molar-refractivity contribution in [3.63, 3.8) is 0 Å². The number of halogens is 1. The molecule has 0 amide bonds. The van der Waals surface area contributed by atoms with Crippen LogP contribution in [0.25, 0.3) is 21.8 Å². The number of nitrogens with zero attached hydrogens (tertiary/aromatic N) is 1. The van der Waals surface area contributed by atoms with Crippen LogP contribution in [0.4, 0.5) is 17.1 Å². The molecule has 29 heavy (non-hydrogen) atoms. The van der Waals surface area contributed by atoms with Crippen molar-refractivity contribution in [3.05, 3.63) is 72.8 Å². The first-order valence-electron chi connectivity index (χ1n) is 9.21. The summed E-state index contributed by atoms with van der Waals surface area (Å²) in [6, 6.07) is 23.3. The van der Waals surface area contributed by atoms with Crippen molar-refractivity contribution < 1.29 is 8.42 Å². The van der Waals surface area contributed by atoms with Gasteiger partial charge in [-0.2, -0.15) is 0 Å². The number of rotatable bonds is 6. The summed E-state index contributed by atoms with van der Waals surface area (Å²) in [6.45, 7) is 1.84. The first kappa shape index (κ1) is 20.9. The Balaban J connectivity index is 0.00000240. The van der Waals surface area contributed by atoms with Crippen LogP contribution in [0.15, 0.2) is 72.8 Å². The molecule has 0 spiro atoms. The predicted octanol–water partition coefficient (Wildman–Crippen LogP) is 5.71. The number of nitrogens with one attached hydrogen (secondary N) is 2. The van der Waals surface area contributed by atoms with Crippen molar-refractivity contribution in [3.8, 4) is 0 Å². The molecule has 4 aromatic rings. The molecule has 0 aliphatic carbocycles. The molecule has 0 aliphatic heterocycles. The number of aromatic nitrogens is 1. The molecule has 5 nitrogen and oxygen atoms in total. The van der Waals surface area contributed by atoms with Gasteiger partial charge in [-0.05, 0) is 42.8 Å². The van der Waals surface area contributed by atoms with Crippen molar-refractivity contribution in [2.45, 2.75) is 13.3 Å². The predicted molar refractivity (Wildman–Crippen MR) is 124 cm³/mol. The van der Waals surface area contributed by atoms with E-state index in [0.717, 1.165) is 33.2 Å². The van der Waals surface area contributed by atoms with Crippen molar-refractivity contribution in [2.24, 2.45) is 0 Å². The minimum absolute atomic E-state index is 0. The molecular weight excluding hydrogens is 406 g/mol. The molecule has 2 N–H and O–H groups in total. The summed E-state index contributed by atoms with van der Waals surface area (Å²) in [4.78, 5) is 4.74. The quantitative estimate of drug-likeness (QED) is 0.387. The Bertz CT molecular complexity index is 1190. The van der Waals surface area contributed by atoms with E-state index in [1.54, 1.807) is 12.1 Å². The molecule has 7 heteroatoms. The highest BCUT2D eigenvalue weighted by atomic mass is 35.5. The molecule has 0 atom stereocenters. The van der Waals surface area contributed by atoms with Gasteiger partial charge in [0.05, 0.1) is 22.5 Å². The number of hydrogen-bond donors (Lipinski definition) is 2. The van der Waals surface area contributed by atoms with Crippen LogP contribution in [0.2, 0.25) is 0 Å². The molecule has 0 saturated carbocycles. The van der Waals surface area contributed by atoms with Crippen molar-refractivity contribution in [2.75, 3.05) is 15.8 Å². The second-order valence-electron chi connectivity index (χ2n) is 6.64. The van der Waals surface area contributed by atoms with Gasteiger partial charge in [0.1, 0.15) is 0 Å². The Morgan fingerprint density at radius 3 is 1.86 bits per heavy atom. The van der Waals surface area contributed by atoms with Crippen LogP contribution in [0.3, 0.4) is 0 Å². The van der Waals surface area contributed by atoms with E-state index in [1.807, 2.05) is 67.6 Å². The van der Waals surface area contributed by atoms with E-state index in [-0.39, 0.29) is 18.2 Å². The molecular formula is C22H22ClN3O2S. The summed E-state index contributed by atoms with van der Waals surface area (Å²) in [5, 5.41) is 5.56. The first-order valence-corrected chi connectivity index (χ1v) is 10.9. The number of sulfonamides is 1. The van der Waals surface area contributed by atoms with E-state index >= 15 is 0 Å². The van der Waals surface area contributed by atoms with Crippen LogP contribution >= 0.6 is 12.4 Å². The van der Waals surface area contributed by atoms with E-state index in [4.69, 9.17) is 4.98 Å². The normalized spacial score (nSPS) is 11.2. The highest BCUT2D eigenvalue weighted by Gasteiger charge is 2.10. The average molecular weight is 428 g/mol. The number of pyridine rings is 1. The summed E-state index contributed by atoms with van der Waals surface area (Å²) >= 11 is 0. The lowest BCUT2D eigenvalue weighted by atomic mass is 10.1. The topological polar surface area (TPSA) is 71.1 Å². The molecule has 0 aliphatic rings. The zero-order chi connectivity index (χ0) is 19.6. The average Bonchev–Trinajstić information content (AvgIpc) is 2.69. The van der Waals surface area contributed by atoms with Gasteiger partial charge in [-0.25, -0.2) is 13.4 Å². The van der Waals surface area contributed by atoms with Crippen LogP contribution < -0.4 is 10.0 Å². The maximum absolute atomic E-state index is 11.9. The maximum Gasteiger partial charge on any atom is 0.232 e. The third-order valence-corrected chi connectivity index (χ3v) is 5.98. The van der Waals surface area contributed by atoms with Gasteiger partial charge >= 0.3 is 0 Å². The summed E-state index contributed by atoms with van der Waals surface area (Å²) in [5.74, 6) is 0.113. The molecule has 3 aromatic carbocycles. The van der Waals surface area contributed by atoms with Gasteiger partial charge in [0.25, 0.3) is 0 Å². The van der Waals surface area contributed by atoms with E-state index in [0.29, 0.717) is 12.1 Å². The molecule has 150 valence electrons. The van der Waals surface area contributed by atoms with Crippen LogP contribution in [-0.4, -0.2) is 19.2 Å². The van der Waals surface area contributed by atoms with Gasteiger partial charge in [0.2, 0.25) is 10.0 Å². The number of anilines is 3. The van der Waals surface area contributed by atoms with Crippen LogP contribution in [-0.2, 0) is 10.0 Å². The Morgan fingerprint density at radius 1 is 0.793 bits per heavy atom. The van der Waals surface area contributed by atoms with Crippen LogP contribution in [0.1, 0.15) is 13.3 Å². The third kappa shape index (κ3) is 4.60. The van der Waals surface area contributed by atoms with Gasteiger partial charge in [-0.1, -0.05) is 43.3 Å². The minimum Gasteiger partial charge on any atom is -0.354 e. The minimum atomic E-state index is -3.29. The largest absolute Gasteiger partial charge is 0.354 e. The Labute approximate surface area is 176 Å². The molecule has 0 bridgehead atoms. The third-order valence-electron chi connectivity index (χ3n) is 4.49. The fourth-order valence-electron chi connectivity index (χ4n) is 3.24. The van der Waals surface area contributed by atoms with Gasteiger partial charge in [0, 0.05) is 22.1 Å². The van der Waals surface area contributed by atoms with Crippen LogP contribution in [0.5, 0.6) is 0 Å². The van der Waals surface area contributed by atoms with Gasteiger partial charge < -0.3 is 5.32 Å². The summed E-state index contributed by atoms with van der Waals surface area (Å²) in [7, 11) is -3.29. The fourth-order valence-corrected chi connectivity index (χ4v) is 4.37. The molecule has 4 rings (SSSR count). The molecule has 0 saturated heterocycles. The summed E-state index contributed by atoms with van der Waals surface area (Å²) < 4.78 is 26.5. The van der Waals surface area contributed by atoms with Crippen LogP contribution in [0, 0.1) is 0 Å². The fraction of sp³-hybridized carbons (Fsp3) is 0.136. The summed E-state index contributed by atoms with van der Waals surface area (Å²) in [6.07, 6.45) is 0.581. The lowest BCUT2D eigenvalue weighted by Crippen LogP contribution is -2.15. The SMILES string of the molecule is CCCS(=O)(=O)Nc1ccc(Nc2c3ccccc3nc3ccccc23)cc1.Cl. The van der Waals surface area contributed by atoms with Crippen molar-refractivity contribution in [1.29, 1.82) is 0 Å². The highest BCUT2D eigenvalue weighted by molar-refractivity contribution is 7.92. The first-order chi connectivity index (χ1) is 13.6. The standard InChI is InChI=1S/C22H21N3O2S.ClH/c1-2-15-28(26,27)25-17-13-11-16(12-14-17)23-22-18-7-3-5-9-20(18)24-21-10-6-4-8-19(21)22;/h3-14,25H,2,15H2,1H3,(H,23,24);1H. The van der Waals surface area contributed by atoms with Gasteiger partial charge in [0.15, 0.2) is 0 Å². The second-order valence-corrected chi connectivity index (χ2v) is 8.49. The van der Waals surface area contributed by atoms with Crippen molar-refractivity contribution >= 4 is 61.3 Å². The Kier molecular flexibility index (Phi) is 6.25. The maximum atomic E-state index is 11.9. The van der Waals surface area contributed by atoms with Gasteiger partial charge in [-0.15, -0.1) is 12.4 Å². The lowest BCUT2D eigenvalue weighted by Gasteiger charge is -2.14. The van der Waals surface area contributed by atoms with Crippen molar-refractivity contribution in [1.82, 2.24) is 4.98 Å². The summed E-state index contributed by atoms with van der Waals surface area (Å²) in [5.41, 5.74) is 4.27.